The van der Waals surface area contributed by atoms with Crippen LogP contribution in [-0.4, -0.2) is 12.6 Å². The maximum atomic E-state index is 11.2. The van der Waals surface area contributed by atoms with Crippen LogP contribution in [-0.2, 0) is 9.53 Å². The summed E-state index contributed by atoms with van der Waals surface area (Å²) in [6.45, 7) is 0.694. The van der Waals surface area contributed by atoms with E-state index in [1.807, 2.05) is 0 Å². The molecule has 0 N–H and O–H groups in total. The predicted octanol–water partition coefficient (Wildman–Crippen LogP) is 3.69. The highest BCUT2D eigenvalue weighted by Gasteiger charge is 2.00. The van der Waals surface area contributed by atoms with Gasteiger partial charge in [-0.05, 0) is 12.8 Å². The van der Waals surface area contributed by atoms with Gasteiger partial charge in [-0.1, -0.05) is 45.9 Å². The van der Waals surface area contributed by atoms with Crippen molar-refractivity contribution in [3.05, 3.63) is 0 Å². The maximum Gasteiger partial charge on any atom is 0.305 e. The topological polar surface area (TPSA) is 26.3 Å². The molecule has 0 atom stereocenters. The normalized spacial score (nSPS) is 14.2. The zero-order valence-electron chi connectivity index (χ0n) is 12.2. The number of hydrogen-bond acceptors (Lipinski definition) is 2. The third-order valence-electron chi connectivity index (χ3n) is 2.07. The van der Waals surface area contributed by atoms with Crippen LogP contribution in [0.4, 0.5) is 0 Å². The Kier molecular flexibility index (Phi) is 6.60. The molecule has 0 radical (unpaired) electrons. The van der Waals surface area contributed by atoms with Gasteiger partial charge in [-0.25, -0.2) is 0 Å². The van der Waals surface area contributed by atoms with E-state index in [2.05, 4.69) is 6.92 Å². The zero-order valence-corrected chi connectivity index (χ0v) is 9.18. The fraction of sp³-hybridized carbons (Fsp3) is 0.917. The molecule has 0 aliphatic heterocycles. The summed E-state index contributed by atoms with van der Waals surface area (Å²) in [6.07, 6.45) is 6.05. The predicted molar refractivity (Wildman–Crippen MR) is 59.2 cm³/mol. The van der Waals surface area contributed by atoms with E-state index in [1.54, 1.807) is 0 Å². The second-order valence-corrected chi connectivity index (χ2v) is 3.49. The molecule has 0 saturated heterocycles. The molecule has 0 unspecified atom stereocenters. The van der Waals surface area contributed by atoms with E-state index in [1.165, 1.54) is 0 Å². The van der Waals surface area contributed by atoms with Crippen LogP contribution in [0.2, 0.25) is 0 Å². The first-order valence-corrected chi connectivity index (χ1v) is 5.61. The number of carbonyl (C=O) groups is 1. The third kappa shape index (κ3) is 9.56. The van der Waals surface area contributed by atoms with Crippen LogP contribution in [0, 0.1) is 0 Å². The highest BCUT2D eigenvalue weighted by atomic mass is 16.5. The van der Waals surface area contributed by atoms with Crippen LogP contribution >= 0.6 is 0 Å². The van der Waals surface area contributed by atoms with Gasteiger partial charge in [0.1, 0.15) is 0 Å². The Bertz CT molecular complexity index is 202. The molecule has 0 aliphatic carbocycles. The Morgan fingerprint density at radius 3 is 2.64 bits per heavy atom. The van der Waals surface area contributed by atoms with Crippen LogP contribution in [0.3, 0.4) is 0 Å². The van der Waals surface area contributed by atoms with Gasteiger partial charge in [0.25, 0.3) is 0 Å². The first-order chi connectivity index (χ1) is 7.95. The summed E-state index contributed by atoms with van der Waals surface area (Å²) >= 11 is 0. The smallest absolute Gasteiger partial charge is 0.305 e. The third-order valence-corrected chi connectivity index (χ3v) is 2.07. The van der Waals surface area contributed by atoms with Gasteiger partial charge in [0, 0.05) is 10.5 Å². The molecular weight excluding hydrogens is 176 g/mol. The summed E-state index contributed by atoms with van der Waals surface area (Å²) in [4.78, 5) is 11.2. The largest absolute Gasteiger partial charge is 0.466 e. The van der Waals surface area contributed by atoms with Gasteiger partial charge in [0.15, 0.2) is 0 Å². The van der Waals surface area contributed by atoms with E-state index < -0.39 is 6.85 Å². The molecule has 0 rings (SSSR count). The molecule has 0 fully saturated rings. The zero-order chi connectivity index (χ0) is 13.1. The van der Waals surface area contributed by atoms with Gasteiger partial charge >= 0.3 is 5.97 Å². The van der Waals surface area contributed by atoms with Gasteiger partial charge in [-0.15, -0.1) is 0 Å². The van der Waals surface area contributed by atoms with Crippen molar-refractivity contribution in [1.82, 2.24) is 0 Å². The van der Waals surface area contributed by atoms with Crippen LogP contribution in [0.25, 0.3) is 0 Å². The maximum absolute atomic E-state index is 11.2. The Hall–Kier alpha value is -0.530. The first-order valence-electron chi connectivity index (χ1n) is 7.11. The summed E-state index contributed by atoms with van der Waals surface area (Å²) in [6, 6.07) is 0. The molecule has 0 amide bonds. The van der Waals surface area contributed by atoms with E-state index in [0.29, 0.717) is 19.4 Å². The first kappa shape index (κ1) is 8.75. The molecule has 84 valence electrons. The van der Waals surface area contributed by atoms with Crippen molar-refractivity contribution in [3.8, 4) is 0 Å². The summed E-state index contributed by atoms with van der Waals surface area (Å²) in [5, 5.41) is 0. The van der Waals surface area contributed by atoms with E-state index in [-0.39, 0.29) is 12.4 Å². The molecule has 0 heterocycles. The highest BCUT2D eigenvalue weighted by Crippen LogP contribution is 2.02. The van der Waals surface area contributed by atoms with E-state index in [9.17, 15) is 4.79 Å². The van der Waals surface area contributed by atoms with Crippen LogP contribution in [0.5, 0.6) is 0 Å². The number of esters is 1. The Balaban J connectivity index is 3.25. The number of ether oxygens (including phenoxy) is 1. The van der Waals surface area contributed by atoms with Crippen LogP contribution < -0.4 is 0 Å². The number of carbonyl (C=O) groups excluding carboxylic acids is 1. The number of hydrogen-bond donors (Lipinski definition) is 0. The fourth-order valence-electron chi connectivity index (χ4n) is 1.18. The molecule has 0 bridgehead atoms. The van der Waals surface area contributed by atoms with Gasteiger partial charge < -0.3 is 4.74 Å². The second-order valence-electron chi connectivity index (χ2n) is 3.49. The molecule has 0 spiro atoms. The molecule has 0 aromatic carbocycles. The molecule has 2 nitrogen and oxygen atoms in total. The standard InChI is InChI=1S/C12H24O2/c1-3-5-7-9-11-14-12(13)10-8-6-4-2/h3-11H2,1-2H3/i1D3. The van der Waals surface area contributed by atoms with Crippen molar-refractivity contribution in [2.45, 2.75) is 65.1 Å². The highest BCUT2D eigenvalue weighted by molar-refractivity contribution is 5.69. The second kappa shape index (κ2) is 10.6. The molecule has 2 heteroatoms. The lowest BCUT2D eigenvalue weighted by molar-refractivity contribution is -0.143. The van der Waals surface area contributed by atoms with Crippen LogP contribution in [0.15, 0.2) is 0 Å². The minimum atomic E-state index is -1.82. The molecule has 0 aliphatic rings. The summed E-state index contributed by atoms with van der Waals surface area (Å²) < 4.78 is 26.1. The SMILES string of the molecule is [2H]C([2H])([2H])CCCCCOC(=O)CCCCC. The molecule has 14 heavy (non-hydrogen) atoms. The summed E-state index contributed by atoms with van der Waals surface area (Å²) in [7, 11) is 0. The van der Waals surface area contributed by atoms with Crippen molar-refractivity contribution in [2.75, 3.05) is 6.61 Å². The van der Waals surface area contributed by atoms with Crippen molar-refractivity contribution < 1.29 is 13.6 Å². The van der Waals surface area contributed by atoms with Gasteiger partial charge in [0.2, 0.25) is 0 Å². The Morgan fingerprint density at radius 2 is 1.93 bits per heavy atom. The Labute approximate surface area is 92.2 Å². The lowest BCUT2D eigenvalue weighted by Crippen LogP contribution is -2.05. The minimum absolute atomic E-state index is 0.130. The lowest BCUT2D eigenvalue weighted by atomic mass is 10.2. The van der Waals surface area contributed by atoms with E-state index in [0.717, 1.165) is 32.1 Å². The summed E-state index contributed by atoms with van der Waals surface area (Å²) in [5.74, 6) is -0.130. The number of rotatable bonds is 9. The van der Waals surface area contributed by atoms with Crippen LogP contribution in [0.1, 0.15) is 69.3 Å². The minimum Gasteiger partial charge on any atom is -0.466 e. The Morgan fingerprint density at radius 1 is 1.14 bits per heavy atom. The molecule has 0 aromatic rings. The van der Waals surface area contributed by atoms with Gasteiger partial charge in [-0.3, -0.25) is 4.79 Å². The fourth-order valence-corrected chi connectivity index (χ4v) is 1.18. The van der Waals surface area contributed by atoms with Crippen molar-refractivity contribution in [3.63, 3.8) is 0 Å². The van der Waals surface area contributed by atoms with Crippen molar-refractivity contribution >= 4 is 5.97 Å². The molecular formula is C12H24O2. The van der Waals surface area contributed by atoms with Crippen molar-refractivity contribution in [1.29, 1.82) is 0 Å². The van der Waals surface area contributed by atoms with Gasteiger partial charge in [0.05, 0.1) is 6.61 Å². The average molecular weight is 203 g/mol. The summed E-state index contributed by atoms with van der Waals surface area (Å²) in [5.41, 5.74) is 0. The average Bonchev–Trinajstić information content (AvgIpc) is 2.22. The van der Waals surface area contributed by atoms with E-state index >= 15 is 0 Å². The van der Waals surface area contributed by atoms with Crippen molar-refractivity contribution in [2.24, 2.45) is 0 Å². The van der Waals surface area contributed by atoms with E-state index in [4.69, 9.17) is 8.85 Å². The monoisotopic (exact) mass is 203 g/mol. The quantitative estimate of drug-likeness (QED) is 0.422. The molecule has 0 saturated carbocycles. The molecule has 0 aromatic heterocycles. The lowest BCUT2D eigenvalue weighted by Gasteiger charge is -2.03. The van der Waals surface area contributed by atoms with Gasteiger partial charge in [-0.2, -0.15) is 0 Å². The number of unbranched alkanes of at least 4 members (excludes halogenated alkanes) is 4.